The number of carbonyl (C=O) groups excluding carboxylic acids is 1. The summed E-state index contributed by atoms with van der Waals surface area (Å²) in [5.74, 6) is -1.18. The maximum Gasteiger partial charge on any atom is 0.356 e. The molecular formula is C7H8N4O4. The molecule has 1 aromatic rings. The van der Waals surface area contributed by atoms with Crippen LogP contribution in [0.1, 0.15) is 10.5 Å². The van der Waals surface area contributed by atoms with Crippen LogP contribution in [0.15, 0.2) is 6.07 Å². The van der Waals surface area contributed by atoms with E-state index in [0.717, 1.165) is 13.2 Å². The number of nitrogens with zero attached hydrogens (tertiary/aromatic N) is 2. The van der Waals surface area contributed by atoms with E-state index in [1.54, 1.807) is 0 Å². The van der Waals surface area contributed by atoms with Crippen LogP contribution < -0.4 is 11.5 Å². The number of anilines is 2. The van der Waals surface area contributed by atoms with Gasteiger partial charge in [-0.05, 0) is 0 Å². The van der Waals surface area contributed by atoms with Crippen LogP contribution in [0.4, 0.5) is 17.2 Å². The summed E-state index contributed by atoms with van der Waals surface area (Å²) in [5, 5.41) is 10.5. The lowest BCUT2D eigenvalue weighted by molar-refractivity contribution is -0.383. The third-order valence-corrected chi connectivity index (χ3v) is 1.63. The average molecular weight is 212 g/mol. The van der Waals surface area contributed by atoms with Gasteiger partial charge in [-0.25, -0.2) is 9.78 Å². The Labute approximate surface area is 84.0 Å². The van der Waals surface area contributed by atoms with Gasteiger partial charge in [-0.3, -0.25) is 10.1 Å². The molecule has 1 rings (SSSR count). The van der Waals surface area contributed by atoms with E-state index in [0.29, 0.717) is 0 Å². The number of nitro groups is 1. The standard InChI is InChI=1S/C7H8N4O4/c1-15-7(12)4-2-3(8)5(11(13)14)6(9)10-4/h2H,1H3,(H4,8,9,10). The van der Waals surface area contributed by atoms with E-state index in [1.165, 1.54) is 0 Å². The molecule has 8 heteroatoms. The van der Waals surface area contributed by atoms with E-state index in [1.807, 2.05) is 0 Å². The molecule has 0 aliphatic rings. The number of pyridine rings is 1. The van der Waals surface area contributed by atoms with Crippen LogP contribution in [0.5, 0.6) is 0 Å². The van der Waals surface area contributed by atoms with Crippen molar-refractivity contribution in [2.45, 2.75) is 0 Å². The SMILES string of the molecule is COC(=O)c1cc(N)c([N+](=O)[O-])c(N)n1. The zero-order chi connectivity index (χ0) is 11.6. The van der Waals surface area contributed by atoms with Crippen molar-refractivity contribution in [3.8, 4) is 0 Å². The van der Waals surface area contributed by atoms with E-state index in [2.05, 4.69) is 9.72 Å². The molecule has 0 atom stereocenters. The molecule has 0 aliphatic heterocycles. The van der Waals surface area contributed by atoms with E-state index >= 15 is 0 Å². The number of hydrogen-bond donors (Lipinski definition) is 2. The first kappa shape index (κ1) is 10.7. The average Bonchev–Trinajstić information content (AvgIpc) is 2.14. The molecule has 0 aliphatic carbocycles. The van der Waals surface area contributed by atoms with E-state index in [9.17, 15) is 14.9 Å². The Bertz CT molecular complexity index is 408. The number of esters is 1. The first-order chi connectivity index (χ1) is 6.97. The number of rotatable bonds is 2. The number of aromatic nitrogens is 1. The van der Waals surface area contributed by atoms with Crippen LogP contribution in [0.25, 0.3) is 0 Å². The Morgan fingerprint density at radius 1 is 1.60 bits per heavy atom. The van der Waals surface area contributed by atoms with Gasteiger partial charge >= 0.3 is 11.7 Å². The number of ether oxygens (including phenoxy) is 1. The number of methoxy groups -OCH3 is 1. The highest BCUT2D eigenvalue weighted by Crippen LogP contribution is 2.27. The van der Waals surface area contributed by atoms with Crippen LogP contribution in [0.2, 0.25) is 0 Å². The van der Waals surface area contributed by atoms with Crippen molar-refractivity contribution in [3.05, 3.63) is 21.9 Å². The first-order valence-corrected chi connectivity index (χ1v) is 3.76. The third-order valence-electron chi connectivity index (χ3n) is 1.63. The van der Waals surface area contributed by atoms with E-state index in [4.69, 9.17) is 11.5 Å². The first-order valence-electron chi connectivity index (χ1n) is 3.76. The minimum atomic E-state index is -0.765. The molecule has 0 fully saturated rings. The fourth-order valence-corrected chi connectivity index (χ4v) is 0.987. The molecule has 0 unspecified atom stereocenters. The normalized spacial score (nSPS) is 9.67. The lowest BCUT2D eigenvalue weighted by Gasteiger charge is -2.03. The minimum Gasteiger partial charge on any atom is -0.464 e. The molecule has 4 N–H and O–H groups in total. The number of nitrogen functional groups attached to an aromatic ring is 2. The molecule has 8 nitrogen and oxygen atoms in total. The predicted molar refractivity (Wildman–Crippen MR) is 51.1 cm³/mol. The van der Waals surface area contributed by atoms with Crippen molar-refractivity contribution in [2.75, 3.05) is 18.6 Å². The summed E-state index contributed by atoms with van der Waals surface area (Å²) >= 11 is 0. The quantitative estimate of drug-likeness (QED) is 0.398. The molecular weight excluding hydrogens is 204 g/mol. The maximum atomic E-state index is 11.0. The second-order valence-corrected chi connectivity index (χ2v) is 2.58. The fraction of sp³-hybridized carbons (Fsp3) is 0.143. The van der Waals surface area contributed by atoms with Gasteiger partial charge in [0.05, 0.1) is 12.0 Å². The Morgan fingerprint density at radius 2 is 2.20 bits per heavy atom. The van der Waals surface area contributed by atoms with Crippen LogP contribution in [-0.2, 0) is 4.74 Å². The predicted octanol–water partition coefficient (Wildman–Crippen LogP) is -0.0592. The molecule has 0 radical (unpaired) electrons. The van der Waals surface area contributed by atoms with Gasteiger partial charge < -0.3 is 16.2 Å². The second kappa shape index (κ2) is 3.78. The Kier molecular flexibility index (Phi) is 2.70. The van der Waals surface area contributed by atoms with E-state index < -0.39 is 22.4 Å². The lowest BCUT2D eigenvalue weighted by Crippen LogP contribution is -2.10. The fourth-order valence-electron chi connectivity index (χ4n) is 0.987. The number of carbonyl (C=O) groups is 1. The van der Waals surface area contributed by atoms with Crippen molar-refractivity contribution in [2.24, 2.45) is 0 Å². The van der Waals surface area contributed by atoms with Gasteiger partial charge in [0.1, 0.15) is 5.69 Å². The lowest BCUT2D eigenvalue weighted by atomic mass is 10.2. The molecule has 1 aromatic heterocycles. The molecule has 0 spiro atoms. The van der Waals surface area contributed by atoms with Crippen molar-refractivity contribution in [1.82, 2.24) is 4.98 Å². The molecule has 1 heterocycles. The molecule has 0 amide bonds. The van der Waals surface area contributed by atoms with Crippen LogP contribution in [0.3, 0.4) is 0 Å². The van der Waals surface area contributed by atoms with Gasteiger partial charge in [-0.1, -0.05) is 0 Å². The van der Waals surface area contributed by atoms with Crippen LogP contribution in [0, 0.1) is 10.1 Å². The summed E-state index contributed by atoms with van der Waals surface area (Å²) in [6, 6.07) is 1.04. The van der Waals surface area contributed by atoms with Gasteiger partial charge in [-0.15, -0.1) is 0 Å². The van der Waals surface area contributed by atoms with Crippen molar-refractivity contribution >= 4 is 23.2 Å². The molecule has 0 saturated heterocycles. The Hall–Kier alpha value is -2.38. The summed E-state index contributed by atoms with van der Waals surface area (Å²) in [5.41, 5.74) is 9.71. The molecule has 0 bridgehead atoms. The van der Waals surface area contributed by atoms with Gasteiger partial charge in [-0.2, -0.15) is 0 Å². The summed E-state index contributed by atoms with van der Waals surface area (Å²) in [4.78, 5) is 24.3. The zero-order valence-electron chi connectivity index (χ0n) is 7.76. The van der Waals surface area contributed by atoms with Crippen LogP contribution in [-0.4, -0.2) is 23.0 Å². The Balaban J connectivity index is 3.31. The maximum absolute atomic E-state index is 11.0. The largest absolute Gasteiger partial charge is 0.464 e. The molecule has 80 valence electrons. The molecule has 15 heavy (non-hydrogen) atoms. The third kappa shape index (κ3) is 1.93. The van der Waals surface area contributed by atoms with Gasteiger partial charge in [0.2, 0.25) is 5.82 Å². The topological polar surface area (TPSA) is 134 Å². The Morgan fingerprint density at radius 3 is 2.60 bits per heavy atom. The number of hydrogen-bond acceptors (Lipinski definition) is 7. The van der Waals surface area contributed by atoms with Gasteiger partial charge in [0.25, 0.3) is 0 Å². The smallest absolute Gasteiger partial charge is 0.356 e. The summed E-state index contributed by atoms with van der Waals surface area (Å²) in [6.45, 7) is 0. The summed E-state index contributed by atoms with van der Waals surface area (Å²) in [6.07, 6.45) is 0. The van der Waals surface area contributed by atoms with Crippen molar-refractivity contribution < 1.29 is 14.5 Å². The highest BCUT2D eigenvalue weighted by Gasteiger charge is 2.21. The van der Waals surface area contributed by atoms with E-state index in [-0.39, 0.29) is 11.4 Å². The second-order valence-electron chi connectivity index (χ2n) is 2.58. The van der Waals surface area contributed by atoms with Crippen molar-refractivity contribution in [3.63, 3.8) is 0 Å². The summed E-state index contributed by atoms with van der Waals surface area (Å²) < 4.78 is 4.36. The monoisotopic (exact) mass is 212 g/mol. The minimum absolute atomic E-state index is 0.168. The highest BCUT2D eigenvalue weighted by atomic mass is 16.6. The zero-order valence-corrected chi connectivity index (χ0v) is 7.76. The number of nitrogens with two attached hydrogens (primary N) is 2. The molecule has 0 saturated carbocycles. The van der Waals surface area contributed by atoms with Crippen molar-refractivity contribution in [1.29, 1.82) is 0 Å². The van der Waals surface area contributed by atoms with Crippen LogP contribution >= 0.6 is 0 Å². The molecule has 0 aromatic carbocycles. The van der Waals surface area contributed by atoms with Gasteiger partial charge in [0.15, 0.2) is 5.69 Å². The van der Waals surface area contributed by atoms with Gasteiger partial charge in [0, 0.05) is 6.07 Å². The summed E-state index contributed by atoms with van der Waals surface area (Å²) in [7, 11) is 1.15. The highest BCUT2D eigenvalue weighted by molar-refractivity contribution is 5.90.